The van der Waals surface area contributed by atoms with Gasteiger partial charge in [-0.15, -0.1) is 0 Å². The van der Waals surface area contributed by atoms with Gasteiger partial charge < -0.3 is 10.2 Å². The number of benzene rings is 1. The molecule has 0 aromatic heterocycles. The quantitative estimate of drug-likeness (QED) is 0.668. The van der Waals surface area contributed by atoms with Gasteiger partial charge in [-0.05, 0) is 25.0 Å². The maximum atomic E-state index is 12.5. The molecule has 0 aliphatic heterocycles. The van der Waals surface area contributed by atoms with Gasteiger partial charge in [0.25, 0.3) is 0 Å². The van der Waals surface area contributed by atoms with E-state index in [1.54, 1.807) is 18.2 Å². The molecule has 0 fully saturated rings. The van der Waals surface area contributed by atoms with Gasteiger partial charge in [-0.25, -0.2) is 8.42 Å². The second-order valence-corrected chi connectivity index (χ2v) is 7.78. The van der Waals surface area contributed by atoms with E-state index in [2.05, 4.69) is 5.32 Å². The van der Waals surface area contributed by atoms with Crippen LogP contribution in [0.5, 0.6) is 0 Å². The van der Waals surface area contributed by atoms with Crippen LogP contribution in [0.2, 0.25) is 0 Å². The highest BCUT2D eigenvalue weighted by Crippen LogP contribution is 2.13. The molecule has 1 rings (SSSR count). The molecule has 0 bridgehead atoms. The fourth-order valence-electron chi connectivity index (χ4n) is 2.20. The summed E-state index contributed by atoms with van der Waals surface area (Å²) in [7, 11) is -2.38. The van der Waals surface area contributed by atoms with Crippen LogP contribution in [0.15, 0.2) is 35.2 Å². The molecule has 2 amide bonds. The van der Waals surface area contributed by atoms with Crippen molar-refractivity contribution in [1.29, 1.82) is 0 Å². The lowest BCUT2D eigenvalue weighted by atomic mass is 10.3. The summed E-state index contributed by atoms with van der Waals surface area (Å²) >= 11 is 0. The Bertz CT molecular complexity index is 662. The third-order valence-corrected chi connectivity index (χ3v) is 5.38. The first kappa shape index (κ1) is 21.1. The topological polar surface area (TPSA) is 86.8 Å². The maximum Gasteiger partial charge on any atom is 0.243 e. The van der Waals surface area contributed by atoms with Gasteiger partial charge in [0.15, 0.2) is 0 Å². The number of sulfonamides is 1. The average molecular weight is 369 g/mol. The van der Waals surface area contributed by atoms with Crippen LogP contribution in [-0.4, -0.2) is 62.7 Å². The minimum atomic E-state index is -3.74. The predicted molar refractivity (Wildman–Crippen MR) is 96.4 cm³/mol. The smallest absolute Gasteiger partial charge is 0.243 e. The zero-order chi connectivity index (χ0) is 18.9. The molecule has 8 heteroatoms. The van der Waals surface area contributed by atoms with E-state index in [4.69, 9.17) is 0 Å². The lowest BCUT2D eigenvalue weighted by Gasteiger charge is -2.24. The highest BCUT2D eigenvalue weighted by Gasteiger charge is 2.25. The monoisotopic (exact) mass is 369 g/mol. The fraction of sp³-hybridized carbons (Fsp3) is 0.529. The number of hydrogen-bond acceptors (Lipinski definition) is 4. The van der Waals surface area contributed by atoms with E-state index in [0.29, 0.717) is 19.5 Å². The largest absolute Gasteiger partial charge is 0.355 e. The lowest BCUT2D eigenvalue weighted by molar-refractivity contribution is -0.136. The Morgan fingerprint density at radius 3 is 2.24 bits per heavy atom. The SMILES string of the molecule is CCCNC(=O)CN(CCC)C(=O)CN(C)S(=O)(=O)c1ccccc1. The van der Waals surface area contributed by atoms with Gasteiger partial charge >= 0.3 is 0 Å². The van der Waals surface area contributed by atoms with E-state index in [-0.39, 0.29) is 23.9 Å². The normalized spacial score (nSPS) is 11.4. The van der Waals surface area contributed by atoms with E-state index in [9.17, 15) is 18.0 Å². The minimum absolute atomic E-state index is 0.0636. The predicted octanol–water partition coefficient (Wildman–Crippen LogP) is 1.07. The third kappa shape index (κ3) is 6.47. The number of carbonyl (C=O) groups is 2. The molecule has 0 saturated heterocycles. The molecule has 1 aromatic carbocycles. The van der Waals surface area contributed by atoms with Crippen molar-refractivity contribution >= 4 is 21.8 Å². The zero-order valence-corrected chi connectivity index (χ0v) is 15.9. The van der Waals surface area contributed by atoms with Crippen LogP contribution in [0, 0.1) is 0 Å². The van der Waals surface area contributed by atoms with Crippen molar-refractivity contribution in [3.05, 3.63) is 30.3 Å². The molecular weight excluding hydrogens is 342 g/mol. The molecule has 1 N–H and O–H groups in total. The van der Waals surface area contributed by atoms with Crippen LogP contribution in [0.4, 0.5) is 0 Å². The van der Waals surface area contributed by atoms with Crippen molar-refractivity contribution in [3.8, 4) is 0 Å². The summed E-state index contributed by atoms with van der Waals surface area (Å²) in [6.07, 6.45) is 1.49. The Kier molecular flexibility index (Phi) is 8.57. The molecule has 7 nitrogen and oxygen atoms in total. The summed E-state index contributed by atoms with van der Waals surface area (Å²) in [5.74, 6) is -0.632. The van der Waals surface area contributed by atoms with Crippen molar-refractivity contribution < 1.29 is 18.0 Å². The second-order valence-electron chi connectivity index (χ2n) is 5.74. The average Bonchev–Trinajstić information content (AvgIpc) is 2.60. The molecule has 0 aliphatic rings. The summed E-state index contributed by atoms with van der Waals surface area (Å²) in [6, 6.07) is 7.95. The summed E-state index contributed by atoms with van der Waals surface area (Å²) in [6.45, 7) is 4.42. The fourth-order valence-corrected chi connectivity index (χ4v) is 3.34. The molecule has 1 aromatic rings. The second kappa shape index (κ2) is 10.1. The molecule has 0 atom stereocenters. The van der Waals surface area contributed by atoms with Crippen LogP contribution in [0.1, 0.15) is 26.7 Å². The first-order valence-corrected chi connectivity index (χ1v) is 9.82. The van der Waals surface area contributed by atoms with Crippen LogP contribution in [0.3, 0.4) is 0 Å². The first-order valence-electron chi connectivity index (χ1n) is 8.38. The van der Waals surface area contributed by atoms with Gasteiger partial charge in [0.05, 0.1) is 18.0 Å². The molecule has 0 spiro atoms. The lowest BCUT2D eigenvalue weighted by Crippen LogP contribution is -2.46. The zero-order valence-electron chi connectivity index (χ0n) is 15.1. The van der Waals surface area contributed by atoms with Gasteiger partial charge in [0.1, 0.15) is 0 Å². The molecular formula is C17H27N3O4S. The number of amides is 2. The third-order valence-electron chi connectivity index (χ3n) is 3.56. The van der Waals surface area contributed by atoms with Gasteiger partial charge in [0.2, 0.25) is 21.8 Å². The Morgan fingerprint density at radius 1 is 1.04 bits per heavy atom. The van der Waals surface area contributed by atoms with Crippen molar-refractivity contribution in [1.82, 2.24) is 14.5 Å². The van der Waals surface area contributed by atoms with Crippen LogP contribution >= 0.6 is 0 Å². The van der Waals surface area contributed by atoms with Crippen LogP contribution in [0.25, 0.3) is 0 Å². The Hall–Kier alpha value is -1.93. The van der Waals surface area contributed by atoms with Gasteiger partial charge in [-0.1, -0.05) is 32.0 Å². The van der Waals surface area contributed by atoms with Gasteiger partial charge in [0, 0.05) is 20.1 Å². The summed E-state index contributed by atoms with van der Waals surface area (Å²) < 4.78 is 26.0. The van der Waals surface area contributed by atoms with Crippen LogP contribution < -0.4 is 5.32 Å². The first-order chi connectivity index (χ1) is 11.8. The molecule has 0 unspecified atom stereocenters. The molecule has 0 radical (unpaired) electrons. The molecule has 0 aliphatic carbocycles. The van der Waals surface area contributed by atoms with Gasteiger partial charge in [-0.2, -0.15) is 4.31 Å². The van der Waals surface area contributed by atoms with Gasteiger partial charge in [-0.3, -0.25) is 9.59 Å². The maximum absolute atomic E-state index is 12.5. The highest BCUT2D eigenvalue weighted by atomic mass is 32.2. The van der Waals surface area contributed by atoms with E-state index in [1.165, 1.54) is 24.1 Å². The Labute approximate surface area is 150 Å². The number of nitrogens with zero attached hydrogens (tertiary/aromatic N) is 2. The number of hydrogen-bond donors (Lipinski definition) is 1. The Balaban J connectivity index is 2.77. The van der Waals surface area contributed by atoms with Crippen molar-refractivity contribution in [2.75, 3.05) is 33.2 Å². The molecule has 0 saturated carbocycles. The van der Waals surface area contributed by atoms with E-state index >= 15 is 0 Å². The number of likely N-dealkylation sites (N-methyl/N-ethyl adjacent to an activating group) is 1. The summed E-state index contributed by atoms with van der Waals surface area (Å²) in [5, 5.41) is 2.72. The van der Waals surface area contributed by atoms with Crippen molar-refractivity contribution in [3.63, 3.8) is 0 Å². The molecule has 25 heavy (non-hydrogen) atoms. The number of nitrogens with one attached hydrogen (secondary N) is 1. The van der Waals surface area contributed by atoms with Crippen LogP contribution in [-0.2, 0) is 19.6 Å². The van der Waals surface area contributed by atoms with E-state index < -0.39 is 15.9 Å². The number of carbonyl (C=O) groups excluding carboxylic acids is 2. The van der Waals surface area contributed by atoms with Crippen molar-refractivity contribution in [2.45, 2.75) is 31.6 Å². The Morgan fingerprint density at radius 2 is 1.68 bits per heavy atom. The summed E-state index contributed by atoms with van der Waals surface area (Å²) in [5.41, 5.74) is 0. The van der Waals surface area contributed by atoms with E-state index in [1.807, 2.05) is 13.8 Å². The minimum Gasteiger partial charge on any atom is -0.355 e. The standard InChI is InChI=1S/C17H27N3O4S/c1-4-11-18-16(21)13-20(12-5-2)17(22)14-19(3)25(23,24)15-9-7-6-8-10-15/h6-10H,4-5,11-14H2,1-3H3,(H,18,21). The summed E-state index contributed by atoms with van der Waals surface area (Å²) in [4.78, 5) is 25.9. The van der Waals surface area contributed by atoms with Crippen molar-refractivity contribution in [2.24, 2.45) is 0 Å². The molecule has 0 heterocycles. The van der Waals surface area contributed by atoms with E-state index in [0.717, 1.165) is 10.7 Å². The molecule has 140 valence electrons. The number of rotatable bonds is 10. The highest BCUT2D eigenvalue weighted by molar-refractivity contribution is 7.89.